The molecule has 1 atom stereocenters. The maximum absolute atomic E-state index is 13.0. The van der Waals surface area contributed by atoms with Gasteiger partial charge < -0.3 is 5.11 Å². The van der Waals surface area contributed by atoms with Crippen molar-refractivity contribution in [3.05, 3.63) is 35.6 Å². The summed E-state index contributed by atoms with van der Waals surface area (Å²) in [5, 5.41) is 9.20. The molecule has 6 heteroatoms. The Balaban J connectivity index is 2.62. The van der Waals surface area contributed by atoms with Gasteiger partial charge in [0.1, 0.15) is 11.9 Å². The first kappa shape index (κ1) is 11.9. The Labute approximate surface area is 83.1 Å². The maximum Gasteiger partial charge on any atom is 0.522 e. The molecular formula is C9H8F4O2. The highest BCUT2D eigenvalue weighted by atomic mass is 19.4. The molecule has 0 aliphatic carbocycles. The molecule has 0 heterocycles. The fraction of sp³-hybridized carbons (Fsp3) is 0.333. The molecule has 1 aromatic carbocycles. The Bertz CT molecular complexity index is 324. The molecule has 0 spiro atoms. The zero-order chi connectivity index (χ0) is 11.5. The van der Waals surface area contributed by atoms with Crippen molar-refractivity contribution in [3.8, 4) is 0 Å². The van der Waals surface area contributed by atoms with Crippen LogP contribution in [0.2, 0.25) is 0 Å². The van der Waals surface area contributed by atoms with E-state index in [1.807, 2.05) is 0 Å². The molecule has 0 radical (unpaired) electrons. The summed E-state index contributed by atoms with van der Waals surface area (Å²) < 4.78 is 51.2. The molecule has 0 aromatic heterocycles. The third-order valence-electron chi connectivity index (χ3n) is 1.67. The second kappa shape index (κ2) is 4.59. The van der Waals surface area contributed by atoms with Crippen LogP contribution >= 0.6 is 0 Å². The van der Waals surface area contributed by atoms with Gasteiger partial charge in [-0.1, -0.05) is 18.2 Å². The summed E-state index contributed by atoms with van der Waals surface area (Å²) >= 11 is 0. The molecule has 0 saturated carbocycles. The lowest BCUT2D eigenvalue weighted by Gasteiger charge is -2.13. The number of hydrogen-bond donors (Lipinski definition) is 1. The summed E-state index contributed by atoms with van der Waals surface area (Å²) in [6, 6.07) is 5.03. The highest BCUT2D eigenvalue weighted by Gasteiger charge is 2.30. The predicted molar refractivity (Wildman–Crippen MR) is 43.4 cm³/mol. The molecule has 1 rings (SSSR count). The third-order valence-corrected chi connectivity index (χ3v) is 1.67. The van der Waals surface area contributed by atoms with Crippen LogP contribution in [0.4, 0.5) is 17.6 Å². The Hall–Kier alpha value is -1.14. The number of rotatable bonds is 3. The van der Waals surface area contributed by atoms with Crippen molar-refractivity contribution >= 4 is 0 Å². The van der Waals surface area contributed by atoms with Gasteiger partial charge in [-0.3, -0.25) is 4.74 Å². The van der Waals surface area contributed by atoms with Crippen molar-refractivity contribution in [3.63, 3.8) is 0 Å². The summed E-state index contributed by atoms with van der Waals surface area (Å²) in [5.41, 5.74) is -0.221. The van der Waals surface area contributed by atoms with Crippen molar-refractivity contribution in [2.24, 2.45) is 0 Å². The zero-order valence-electron chi connectivity index (χ0n) is 7.46. The Morgan fingerprint density at radius 3 is 2.40 bits per heavy atom. The lowest BCUT2D eigenvalue weighted by molar-refractivity contribution is -0.331. The second-order valence-electron chi connectivity index (χ2n) is 2.79. The fourth-order valence-electron chi connectivity index (χ4n) is 1.01. The molecule has 0 amide bonds. The van der Waals surface area contributed by atoms with Crippen LogP contribution in [0.15, 0.2) is 24.3 Å². The van der Waals surface area contributed by atoms with Gasteiger partial charge in [0.25, 0.3) is 0 Å². The molecule has 0 aliphatic rings. The molecule has 0 saturated heterocycles. The average Bonchev–Trinajstić information content (AvgIpc) is 2.14. The van der Waals surface area contributed by atoms with Gasteiger partial charge in [0, 0.05) is 5.56 Å². The van der Waals surface area contributed by atoms with E-state index in [1.54, 1.807) is 0 Å². The van der Waals surface area contributed by atoms with Gasteiger partial charge in [0.05, 0.1) is 6.61 Å². The van der Waals surface area contributed by atoms with E-state index >= 15 is 0 Å². The first-order chi connectivity index (χ1) is 6.90. The molecular weight excluding hydrogens is 216 g/mol. The minimum atomic E-state index is -4.83. The van der Waals surface area contributed by atoms with Crippen LogP contribution in [0.25, 0.3) is 0 Å². The maximum atomic E-state index is 13.0. The summed E-state index contributed by atoms with van der Waals surface area (Å²) in [6.07, 6.45) is -6.46. The van der Waals surface area contributed by atoms with Crippen LogP contribution in [-0.4, -0.2) is 18.1 Å². The van der Waals surface area contributed by atoms with Crippen LogP contribution in [0.1, 0.15) is 11.7 Å². The van der Waals surface area contributed by atoms with E-state index in [1.165, 1.54) is 18.2 Å². The minimum Gasteiger partial charge on any atom is -0.386 e. The number of ether oxygens (including phenoxy) is 1. The van der Waals surface area contributed by atoms with Gasteiger partial charge in [0.2, 0.25) is 0 Å². The molecule has 1 N–H and O–H groups in total. The van der Waals surface area contributed by atoms with Crippen molar-refractivity contribution in [2.45, 2.75) is 12.5 Å². The van der Waals surface area contributed by atoms with Gasteiger partial charge in [-0.05, 0) is 6.07 Å². The predicted octanol–water partition coefficient (Wildman–Crippen LogP) is 2.40. The van der Waals surface area contributed by atoms with Crippen LogP contribution in [0.3, 0.4) is 0 Å². The molecule has 15 heavy (non-hydrogen) atoms. The summed E-state index contributed by atoms with van der Waals surface area (Å²) in [4.78, 5) is 0. The lowest BCUT2D eigenvalue weighted by atomic mass is 10.1. The molecule has 0 fully saturated rings. The summed E-state index contributed by atoms with van der Waals surface area (Å²) in [6.45, 7) is -1.02. The number of alkyl halides is 3. The fourth-order valence-corrected chi connectivity index (χ4v) is 1.01. The van der Waals surface area contributed by atoms with Gasteiger partial charge in [-0.25, -0.2) is 4.39 Å². The Morgan fingerprint density at radius 1 is 1.27 bits per heavy atom. The largest absolute Gasteiger partial charge is 0.522 e. The highest BCUT2D eigenvalue weighted by Crippen LogP contribution is 2.22. The molecule has 1 aromatic rings. The smallest absolute Gasteiger partial charge is 0.386 e. The van der Waals surface area contributed by atoms with Gasteiger partial charge in [0.15, 0.2) is 0 Å². The van der Waals surface area contributed by atoms with E-state index in [2.05, 4.69) is 4.74 Å². The van der Waals surface area contributed by atoms with Crippen molar-refractivity contribution in [1.29, 1.82) is 0 Å². The number of aliphatic hydroxyl groups is 1. The second-order valence-corrected chi connectivity index (χ2v) is 2.79. The molecule has 0 aliphatic heterocycles. The molecule has 1 unspecified atom stereocenters. The topological polar surface area (TPSA) is 29.5 Å². The Morgan fingerprint density at radius 2 is 1.87 bits per heavy atom. The van der Waals surface area contributed by atoms with Crippen LogP contribution in [0.5, 0.6) is 0 Å². The van der Waals surface area contributed by atoms with E-state index in [4.69, 9.17) is 0 Å². The van der Waals surface area contributed by atoms with Crippen LogP contribution < -0.4 is 0 Å². The summed E-state index contributed by atoms with van der Waals surface area (Å²) in [7, 11) is 0. The van der Waals surface area contributed by atoms with E-state index in [-0.39, 0.29) is 5.56 Å². The van der Waals surface area contributed by atoms with Gasteiger partial charge >= 0.3 is 6.36 Å². The minimum absolute atomic E-state index is 0.221. The first-order valence-electron chi connectivity index (χ1n) is 4.03. The quantitative estimate of drug-likeness (QED) is 0.799. The molecule has 2 nitrogen and oxygen atoms in total. The average molecular weight is 224 g/mol. The SMILES string of the molecule is OC(COC(F)(F)F)c1ccccc1F. The Kier molecular flexibility index (Phi) is 3.65. The van der Waals surface area contributed by atoms with Gasteiger partial charge in [-0.2, -0.15) is 0 Å². The first-order valence-corrected chi connectivity index (χ1v) is 4.03. The van der Waals surface area contributed by atoms with E-state index in [0.29, 0.717) is 0 Å². The van der Waals surface area contributed by atoms with Crippen molar-refractivity contribution in [2.75, 3.05) is 6.61 Å². The zero-order valence-corrected chi connectivity index (χ0v) is 7.46. The normalized spacial score (nSPS) is 13.9. The van der Waals surface area contributed by atoms with E-state index in [0.717, 1.165) is 6.07 Å². The number of aliphatic hydroxyl groups excluding tert-OH is 1. The van der Waals surface area contributed by atoms with E-state index < -0.39 is 24.9 Å². The number of halogens is 4. The monoisotopic (exact) mass is 224 g/mol. The van der Waals surface area contributed by atoms with Crippen LogP contribution in [-0.2, 0) is 4.74 Å². The van der Waals surface area contributed by atoms with Crippen LogP contribution in [0, 0.1) is 5.82 Å². The molecule has 84 valence electrons. The lowest BCUT2D eigenvalue weighted by Crippen LogP contribution is -2.19. The highest BCUT2D eigenvalue weighted by molar-refractivity contribution is 5.19. The molecule has 0 bridgehead atoms. The van der Waals surface area contributed by atoms with Crippen molar-refractivity contribution < 1.29 is 27.4 Å². The summed E-state index contributed by atoms with van der Waals surface area (Å²) in [5.74, 6) is -0.768. The third kappa shape index (κ3) is 3.85. The standard InChI is InChI=1S/C9H8F4O2/c10-7-4-2-1-3-6(7)8(14)5-15-9(11,12)13/h1-4,8,14H,5H2. The van der Waals surface area contributed by atoms with E-state index in [9.17, 15) is 22.7 Å². The van der Waals surface area contributed by atoms with Gasteiger partial charge in [-0.15, -0.1) is 13.2 Å². The number of benzene rings is 1. The van der Waals surface area contributed by atoms with Crippen molar-refractivity contribution in [1.82, 2.24) is 0 Å². The number of hydrogen-bond acceptors (Lipinski definition) is 2.